The van der Waals surface area contributed by atoms with E-state index in [4.69, 9.17) is 0 Å². The number of rotatable bonds is 3. The Bertz CT molecular complexity index is 668. The Morgan fingerprint density at radius 2 is 1.86 bits per heavy atom. The van der Waals surface area contributed by atoms with Crippen LogP contribution in [0.2, 0.25) is 0 Å². The summed E-state index contributed by atoms with van der Waals surface area (Å²) in [5, 5.41) is 3.03. The molecular weight excluding hydrogens is 333 g/mol. The van der Waals surface area contributed by atoms with E-state index in [1.54, 1.807) is 6.07 Å². The number of halogens is 2. The molecule has 0 aliphatic heterocycles. The molecule has 1 fully saturated rings. The lowest BCUT2D eigenvalue weighted by atomic mass is 9.71. The van der Waals surface area contributed by atoms with Gasteiger partial charge in [0, 0.05) is 4.47 Å². The molecule has 2 nitrogen and oxygen atoms in total. The van der Waals surface area contributed by atoms with Crippen molar-refractivity contribution in [1.82, 2.24) is 5.32 Å². The number of carbonyl (C=O) groups excluding carboxylic acids is 1. The van der Waals surface area contributed by atoms with Gasteiger partial charge in [-0.1, -0.05) is 46.3 Å². The van der Waals surface area contributed by atoms with E-state index < -0.39 is 5.82 Å². The maximum Gasteiger partial charge on any atom is 0.254 e. The van der Waals surface area contributed by atoms with Crippen LogP contribution in [0.3, 0.4) is 0 Å². The number of hydrogen-bond donors (Lipinski definition) is 1. The van der Waals surface area contributed by atoms with Gasteiger partial charge in [-0.25, -0.2) is 4.39 Å². The van der Waals surface area contributed by atoms with Crippen molar-refractivity contribution in [1.29, 1.82) is 0 Å². The smallest absolute Gasteiger partial charge is 0.254 e. The lowest BCUT2D eigenvalue weighted by Gasteiger charge is -2.43. The van der Waals surface area contributed by atoms with Crippen LogP contribution in [0.15, 0.2) is 53.0 Å². The summed E-state index contributed by atoms with van der Waals surface area (Å²) in [6, 6.07) is 14.4. The van der Waals surface area contributed by atoms with Gasteiger partial charge in [0.25, 0.3) is 5.91 Å². The average Bonchev–Trinajstić information content (AvgIpc) is 2.43. The van der Waals surface area contributed by atoms with Gasteiger partial charge in [-0.2, -0.15) is 0 Å². The van der Waals surface area contributed by atoms with Crippen molar-refractivity contribution in [2.45, 2.75) is 24.8 Å². The first-order valence-corrected chi connectivity index (χ1v) is 7.73. The van der Waals surface area contributed by atoms with E-state index in [-0.39, 0.29) is 17.0 Å². The lowest BCUT2D eigenvalue weighted by Crippen LogP contribution is -2.50. The van der Waals surface area contributed by atoms with Crippen molar-refractivity contribution in [2.24, 2.45) is 0 Å². The van der Waals surface area contributed by atoms with Crippen LogP contribution in [0.5, 0.6) is 0 Å². The van der Waals surface area contributed by atoms with Gasteiger partial charge in [-0.3, -0.25) is 4.79 Å². The van der Waals surface area contributed by atoms with E-state index in [2.05, 4.69) is 21.2 Å². The molecule has 0 unspecified atom stereocenters. The molecule has 0 spiro atoms. The van der Waals surface area contributed by atoms with Crippen molar-refractivity contribution in [3.8, 4) is 0 Å². The first kappa shape index (κ1) is 14.3. The second-order valence-electron chi connectivity index (χ2n) is 5.38. The van der Waals surface area contributed by atoms with Gasteiger partial charge in [0.2, 0.25) is 0 Å². The number of nitrogens with one attached hydrogen (secondary N) is 1. The molecule has 0 bridgehead atoms. The van der Waals surface area contributed by atoms with Gasteiger partial charge >= 0.3 is 0 Å². The second-order valence-corrected chi connectivity index (χ2v) is 6.30. The summed E-state index contributed by atoms with van der Waals surface area (Å²) in [4.78, 5) is 12.4. The first-order valence-electron chi connectivity index (χ1n) is 6.94. The fourth-order valence-corrected chi connectivity index (χ4v) is 3.06. The molecule has 21 heavy (non-hydrogen) atoms. The molecule has 2 aromatic carbocycles. The quantitative estimate of drug-likeness (QED) is 0.875. The van der Waals surface area contributed by atoms with E-state index in [0.29, 0.717) is 4.47 Å². The minimum Gasteiger partial charge on any atom is -0.342 e. The molecule has 1 saturated carbocycles. The number of carbonyl (C=O) groups is 1. The lowest BCUT2D eigenvalue weighted by molar-refractivity contribution is 0.0819. The minimum atomic E-state index is -0.510. The molecule has 1 aliphatic rings. The fourth-order valence-electron chi connectivity index (χ4n) is 2.73. The summed E-state index contributed by atoms with van der Waals surface area (Å²) in [5.41, 5.74) is 0.820. The monoisotopic (exact) mass is 347 g/mol. The molecule has 3 rings (SSSR count). The topological polar surface area (TPSA) is 29.1 Å². The number of benzene rings is 2. The van der Waals surface area contributed by atoms with Crippen LogP contribution >= 0.6 is 15.9 Å². The van der Waals surface area contributed by atoms with E-state index in [9.17, 15) is 9.18 Å². The molecule has 108 valence electrons. The zero-order chi connectivity index (χ0) is 14.9. The van der Waals surface area contributed by atoms with Gasteiger partial charge in [0.05, 0.1) is 11.1 Å². The van der Waals surface area contributed by atoms with Gasteiger partial charge in [0.1, 0.15) is 5.82 Å². The third-order valence-electron chi connectivity index (χ3n) is 4.06. The molecule has 1 aliphatic carbocycles. The summed E-state index contributed by atoms with van der Waals surface area (Å²) >= 11 is 3.20. The molecular formula is C17H15BrFNO. The number of amides is 1. The van der Waals surface area contributed by atoms with Crippen LogP contribution in [0.25, 0.3) is 0 Å². The molecule has 2 aromatic rings. The van der Waals surface area contributed by atoms with Crippen molar-refractivity contribution in [3.05, 3.63) is 69.9 Å². The third-order valence-corrected chi connectivity index (χ3v) is 4.56. The van der Waals surface area contributed by atoms with E-state index in [1.807, 2.05) is 30.3 Å². The van der Waals surface area contributed by atoms with E-state index in [0.717, 1.165) is 24.8 Å². The SMILES string of the molecule is O=C(NC1(c2ccccc2)CCC1)c1ccc(Br)cc1F. The predicted molar refractivity (Wildman–Crippen MR) is 83.5 cm³/mol. The van der Waals surface area contributed by atoms with Gasteiger partial charge in [-0.15, -0.1) is 0 Å². The Morgan fingerprint density at radius 1 is 1.14 bits per heavy atom. The summed E-state index contributed by atoms with van der Waals surface area (Å²) in [7, 11) is 0. The van der Waals surface area contributed by atoms with Crippen LogP contribution in [0.4, 0.5) is 4.39 Å². The van der Waals surface area contributed by atoms with Crippen molar-refractivity contribution in [3.63, 3.8) is 0 Å². The minimum absolute atomic E-state index is 0.0837. The summed E-state index contributed by atoms with van der Waals surface area (Å²) in [6.45, 7) is 0. The van der Waals surface area contributed by atoms with Gasteiger partial charge in [0.15, 0.2) is 0 Å². The van der Waals surface area contributed by atoms with Gasteiger partial charge in [-0.05, 0) is 43.0 Å². The average molecular weight is 348 g/mol. The molecule has 0 heterocycles. The molecule has 0 atom stereocenters. The maximum atomic E-state index is 13.9. The highest BCUT2D eigenvalue weighted by Gasteiger charge is 2.40. The Balaban J connectivity index is 1.86. The first-order chi connectivity index (χ1) is 10.1. The van der Waals surface area contributed by atoms with Crippen LogP contribution in [-0.4, -0.2) is 5.91 Å². The second kappa shape index (κ2) is 5.60. The third kappa shape index (κ3) is 2.72. The molecule has 4 heteroatoms. The molecule has 0 aromatic heterocycles. The highest BCUT2D eigenvalue weighted by atomic mass is 79.9. The van der Waals surface area contributed by atoms with Crippen LogP contribution in [0, 0.1) is 5.82 Å². The fraction of sp³-hybridized carbons (Fsp3) is 0.235. The largest absolute Gasteiger partial charge is 0.342 e. The highest BCUT2D eigenvalue weighted by molar-refractivity contribution is 9.10. The standard InChI is InChI=1S/C17H15BrFNO/c18-13-7-8-14(15(19)11-13)16(21)20-17(9-4-10-17)12-5-2-1-3-6-12/h1-3,5-8,11H,4,9-10H2,(H,20,21). The summed E-state index contributed by atoms with van der Waals surface area (Å²) < 4.78 is 14.5. The van der Waals surface area contributed by atoms with Crippen LogP contribution < -0.4 is 5.32 Å². The predicted octanol–water partition coefficient (Wildman–Crippen LogP) is 4.40. The van der Waals surface area contributed by atoms with Crippen LogP contribution in [-0.2, 0) is 5.54 Å². The maximum absolute atomic E-state index is 13.9. The van der Waals surface area contributed by atoms with Crippen molar-refractivity contribution in [2.75, 3.05) is 0 Å². The van der Waals surface area contributed by atoms with E-state index >= 15 is 0 Å². The normalized spacial score (nSPS) is 16.1. The summed E-state index contributed by atoms with van der Waals surface area (Å²) in [6.07, 6.45) is 2.85. The summed E-state index contributed by atoms with van der Waals surface area (Å²) in [5.74, 6) is -0.868. The zero-order valence-electron chi connectivity index (χ0n) is 11.4. The highest BCUT2D eigenvalue weighted by Crippen LogP contribution is 2.41. The Hall–Kier alpha value is -1.68. The Labute approximate surface area is 131 Å². The van der Waals surface area contributed by atoms with Crippen molar-refractivity contribution >= 4 is 21.8 Å². The Kier molecular flexibility index (Phi) is 3.81. The zero-order valence-corrected chi connectivity index (χ0v) is 13.0. The van der Waals surface area contributed by atoms with E-state index in [1.165, 1.54) is 12.1 Å². The molecule has 0 radical (unpaired) electrons. The van der Waals surface area contributed by atoms with Gasteiger partial charge < -0.3 is 5.32 Å². The molecule has 1 amide bonds. The molecule has 1 N–H and O–H groups in total. The Morgan fingerprint density at radius 3 is 2.43 bits per heavy atom. The number of hydrogen-bond acceptors (Lipinski definition) is 1. The molecule has 0 saturated heterocycles. The van der Waals surface area contributed by atoms with Crippen LogP contribution in [0.1, 0.15) is 35.2 Å². The van der Waals surface area contributed by atoms with Crippen molar-refractivity contribution < 1.29 is 9.18 Å².